The van der Waals surface area contributed by atoms with Gasteiger partial charge in [-0.15, -0.1) is 0 Å². The van der Waals surface area contributed by atoms with Crippen molar-refractivity contribution in [3.05, 3.63) is 0 Å². The molecule has 0 spiro atoms. The highest BCUT2D eigenvalue weighted by atomic mass is 32.2. The highest BCUT2D eigenvalue weighted by molar-refractivity contribution is 7.91. The molecule has 0 aliphatic heterocycles. The highest BCUT2D eigenvalue weighted by Crippen LogP contribution is 2.03. The van der Waals surface area contributed by atoms with Crippen LogP contribution in [-0.4, -0.2) is 36.9 Å². The number of carboxylic acids is 1. The van der Waals surface area contributed by atoms with E-state index in [1.165, 1.54) is 0 Å². The maximum Gasteiger partial charge on any atom is 0.303 e. The number of amides is 1. The maximum absolute atomic E-state index is 11.4. The summed E-state index contributed by atoms with van der Waals surface area (Å²) in [7, 11) is -3.18. The van der Waals surface area contributed by atoms with E-state index in [1.54, 1.807) is 0 Å². The molecule has 1 amide bonds. The maximum atomic E-state index is 11.4. The first-order chi connectivity index (χ1) is 7.33. The number of carboxylic acid groups (broad SMARTS) is 1. The predicted molar refractivity (Wildman–Crippen MR) is 58.6 cm³/mol. The van der Waals surface area contributed by atoms with Crippen molar-refractivity contribution in [3.63, 3.8) is 0 Å². The van der Waals surface area contributed by atoms with Crippen LogP contribution in [-0.2, 0) is 19.4 Å². The fraction of sp³-hybridized carbons (Fsp3) is 0.778. The average molecular weight is 251 g/mol. The van der Waals surface area contributed by atoms with Gasteiger partial charge < -0.3 is 10.8 Å². The van der Waals surface area contributed by atoms with Gasteiger partial charge in [-0.3, -0.25) is 9.59 Å². The molecule has 16 heavy (non-hydrogen) atoms. The molecule has 0 aromatic carbocycles. The van der Waals surface area contributed by atoms with Gasteiger partial charge in [-0.1, -0.05) is 0 Å². The summed E-state index contributed by atoms with van der Waals surface area (Å²) < 4.78 is 22.7. The summed E-state index contributed by atoms with van der Waals surface area (Å²) in [4.78, 5) is 20.6. The molecule has 94 valence electrons. The Kier molecular flexibility index (Phi) is 6.71. The summed E-state index contributed by atoms with van der Waals surface area (Å²) in [5.41, 5.74) is 4.88. The summed E-state index contributed by atoms with van der Waals surface area (Å²) in [6, 6.07) is 0. The Balaban J connectivity index is 3.70. The van der Waals surface area contributed by atoms with Gasteiger partial charge in [0.25, 0.3) is 0 Å². The van der Waals surface area contributed by atoms with Crippen LogP contribution in [0.15, 0.2) is 0 Å². The molecule has 6 nitrogen and oxygen atoms in total. The summed E-state index contributed by atoms with van der Waals surface area (Å²) in [6.45, 7) is 0. The molecule has 0 unspecified atom stereocenters. The van der Waals surface area contributed by atoms with Gasteiger partial charge in [0, 0.05) is 12.8 Å². The minimum atomic E-state index is -3.18. The van der Waals surface area contributed by atoms with Crippen molar-refractivity contribution >= 4 is 21.7 Å². The van der Waals surface area contributed by atoms with Crippen molar-refractivity contribution in [1.29, 1.82) is 0 Å². The third-order valence-corrected chi connectivity index (χ3v) is 3.80. The molecule has 0 atom stereocenters. The number of rotatable bonds is 9. The van der Waals surface area contributed by atoms with E-state index in [0.717, 1.165) is 0 Å². The average Bonchev–Trinajstić information content (AvgIpc) is 2.11. The minimum Gasteiger partial charge on any atom is -0.481 e. The van der Waals surface area contributed by atoms with Gasteiger partial charge in [0.2, 0.25) is 5.91 Å². The van der Waals surface area contributed by atoms with Crippen LogP contribution in [0.1, 0.15) is 32.1 Å². The first kappa shape index (κ1) is 14.9. The standard InChI is InChI=1S/C9H17NO5S/c10-8(11)4-3-7-16(14,15)6-2-1-5-9(12)13/h1-7H2,(H2,10,11)(H,12,13). The Morgan fingerprint density at radius 1 is 1.00 bits per heavy atom. The normalized spacial score (nSPS) is 11.2. The molecule has 0 heterocycles. The van der Waals surface area contributed by atoms with Gasteiger partial charge in [0.05, 0.1) is 11.5 Å². The molecule has 0 bridgehead atoms. The second-order valence-corrected chi connectivity index (χ2v) is 5.88. The van der Waals surface area contributed by atoms with E-state index in [1.807, 2.05) is 0 Å². The van der Waals surface area contributed by atoms with Crippen molar-refractivity contribution in [2.24, 2.45) is 5.73 Å². The quantitative estimate of drug-likeness (QED) is 0.556. The van der Waals surface area contributed by atoms with E-state index in [2.05, 4.69) is 0 Å². The molecule has 0 aromatic heterocycles. The van der Waals surface area contributed by atoms with Crippen LogP contribution in [0.2, 0.25) is 0 Å². The molecule has 0 radical (unpaired) electrons. The fourth-order valence-electron chi connectivity index (χ4n) is 1.17. The molecule has 0 rings (SSSR count). The zero-order valence-electron chi connectivity index (χ0n) is 9.02. The number of carbonyl (C=O) groups is 2. The Bertz CT molecular complexity index is 336. The van der Waals surface area contributed by atoms with Crippen molar-refractivity contribution in [2.45, 2.75) is 32.1 Å². The van der Waals surface area contributed by atoms with Crippen molar-refractivity contribution in [1.82, 2.24) is 0 Å². The largest absolute Gasteiger partial charge is 0.481 e. The molecule has 0 aromatic rings. The first-order valence-electron chi connectivity index (χ1n) is 5.04. The van der Waals surface area contributed by atoms with E-state index >= 15 is 0 Å². The lowest BCUT2D eigenvalue weighted by Gasteiger charge is -2.02. The van der Waals surface area contributed by atoms with Crippen LogP contribution in [0.5, 0.6) is 0 Å². The topological polar surface area (TPSA) is 115 Å². The van der Waals surface area contributed by atoms with Crippen LogP contribution in [0.4, 0.5) is 0 Å². The SMILES string of the molecule is NC(=O)CCCS(=O)(=O)CCCCC(=O)O. The van der Waals surface area contributed by atoms with Crippen LogP contribution in [0, 0.1) is 0 Å². The molecule has 0 fully saturated rings. The number of unbranched alkanes of at least 4 members (excludes halogenated alkanes) is 1. The van der Waals surface area contributed by atoms with E-state index in [9.17, 15) is 18.0 Å². The Labute approximate surface area is 94.7 Å². The number of aliphatic carboxylic acids is 1. The lowest BCUT2D eigenvalue weighted by atomic mass is 10.2. The molecule has 0 saturated carbocycles. The Morgan fingerprint density at radius 2 is 1.56 bits per heavy atom. The van der Waals surface area contributed by atoms with E-state index in [4.69, 9.17) is 10.8 Å². The van der Waals surface area contributed by atoms with Gasteiger partial charge in [-0.25, -0.2) is 8.42 Å². The van der Waals surface area contributed by atoms with Crippen molar-refractivity contribution in [2.75, 3.05) is 11.5 Å². The molecule has 3 N–H and O–H groups in total. The van der Waals surface area contributed by atoms with Gasteiger partial charge in [0.1, 0.15) is 9.84 Å². The second kappa shape index (κ2) is 7.21. The van der Waals surface area contributed by atoms with Crippen LogP contribution in [0.25, 0.3) is 0 Å². The molecule has 7 heteroatoms. The number of hydrogen-bond donors (Lipinski definition) is 2. The number of sulfone groups is 1. The molecule has 0 aliphatic rings. The number of hydrogen-bond acceptors (Lipinski definition) is 4. The van der Waals surface area contributed by atoms with Gasteiger partial charge in [-0.2, -0.15) is 0 Å². The van der Waals surface area contributed by atoms with Gasteiger partial charge >= 0.3 is 5.97 Å². The zero-order chi connectivity index (χ0) is 12.6. The minimum absolute atomic E-state index is 0.0171. The first-order valence-corrected chi connectivity index (χ1v) is 6.86. The van der Waals surface area contributed by atoms with Crippen LogP contribution in [0.3, 0.4) is 0 Å². The van der Waals surface area contributed by atoms with E-state index < -0.39 is 21.7 Å². The summed E-state index contributed by atoms with van der Waals surface area (Å²) in [6.07, 6.45) is 0.970. The number of carbonyl (C=O) groups excluding carboxylic acids is 1. The lowest BCUT2D eigenvalue weighted by molar-refractivity contribution is -0.137. The van der Waals surface area contributed by atoms with Crippen molar-refractivity contribution < 1.29 is 23.1 Å². The molecule has 0 saturated heterocycles. The van der Waals surface area contributed by atoms with Gasteiger partial charge in [-0.05, 0) is 19.3 Å². The summed E-state index contributed by atoms with van der Waals surface area (Å²) in [5, 5.41) is 8.34. The Morgan fingerprint density at radius 3 is 2.06 bits per heavy atom. The lowest BCUT2D eigenvalue weighted by Crippen LogP contribution is -2.15. The molecular formula is C9H17NO5S. The molecule has 0 aliphatic carbocycles. The predicted octanol–water partition coefficient (Wildman–Crippen LogP) is -0.0784. The van der Waals surface area contributed by atoms with E-state index in [-0.39, 0.29) is 30.8 Å². The monoisotopic (exact) mass is 251 g/mol. The number of primary amides is 1. The smallest absolute Gasteiger partial charge is 0.303 e. The van der Waals surface area contributed by atoms with Gasteiger partial charge in [0.15, 0.2) is 0 Å². The highest BCUT2D eigenvalue weighted by Gasteiger charge is 2.11. The summed E-state index contributed by atoms with van der Waals surface area (Å²) in [5.74, 6) is -1.53. The third kappa shape index (κ3) is 9.45. The number of nitrogens with two attached hydrogens (primary N) is 1. The Hall–Kier alpha value is -1.11. The van der Waals surface area contributed by atoms with Crippen LogP contribution < -0.4 is 5.73 Å². The van der Waals surface area contributed by atoms with E-state index in [0.29, 0.717) is 12.8 Å². The zero-order valence-corrected chi connectivity index (χ0v) is 9.83. The van der Waals surface area contributed by atoms with Crippen molar-refractivity contribution in [3.8, 4) is 0 Å². The summed E-state index contributed by atoms with van der Waals surface area (Å²) >= 11 is 0. The second-order valence-electron chi connectivity index (χ2n) is 3.57. The van der Waals surface area contributed by atoms with Crippen LogP contribution >= 0.6 is 0 Å². The molecular weight excluding hydrogens is 234 g/mol. The third-order valence-electron chi connectivity index (χ3n) is 1.97. The fourth-order valence-corrected chi connectivity index (χ4v) is 2.60.